The van der Waals surface area contributed by atoms with E-state index in [0.717, 1.165) is 30.7 Å². The van der Waals surface area contributed by atoms with Crippen molar-refractivity contribution in [2.24, 2.45) is 5.73 Å². The number of H-pyrrole nitrogens is 1. The van der Waals surface area contributed by atoms with Crippen LogP contribution in [0.3, 0.4) is 0 Å². The second-order valence-corrected chi connectivity index (χ2v) is 7.64. The standard InChI is InChI=1S/C24H22N4O.BrH/c25-24(29)19-2-4-23-21(14-19)20(15-27-23)8-12-28-10-6-16(7-11-28)17-1-3-22-18(13-17)5-9-26-22;/h1-7,9-11,13-14,20H,8,12,15H2,(H3,25,27,29);1H. The molecule has 0 fully saturated rings. The monoisotopic (exact) mass is 462 g/mol. The van der Waals surface area contributed by atoms with Crippen LogP contribution in [0.25, 0.3) is 22.0 Å². The number of hydrogen-bond acceptors (Lipinski definition) is 2. The molecule has 3 heterocycles. The second kappa shape index (κ2) is 8.32. The number of nitrogens with zero attached hydrogens (tertiary/aromatic N) is 1. The van der Waals surface area contributed by atoms with Gasteiger partial charge in [-0.3, -0.25) is 4.79 Å². The van der Waals surface area contributed by atoms with Crippen molar-refractivity contribution in [1.29, 1.82) is 0 Å². The lowest BCUT2D eigenvalue weighted by Gasteiger charge is -2.09. The van der Waals surface area contributed by atoms with Crippen molar-refractivity contribution < 1.29 is 26.3 Å². The van der Waals surface area contributed by atoms with Crippen molar-refractivity contribution in [3.8, 4) is 11.1 Å². The van der Waals surface area contributed by atoms with Crippen molar-refractivity contribution in [2.75, 3.05) is 11.9 Å². The molecule has 1 aliphatic heterocycles. The van der Waals surface area contributed by atoms with Crippen LogP contribution in [-0.2, 0) is 6.54 Å². The summed E-state index contributed by atoms with van der Waals surface area (Å²) in [6.07, 6.45) is 7.25. The number of rotatable bonds is 5. The van der Waals surface area contributed by atoms with E-state index in [2.05, 4.69) is 63.7 Å². The quantitative estimate of drug-likeness (QED) is 0.384. The molecule has 2 aromatic carbocycles. The molecule has 5 rings (SSSR count). The number of carbonyl (C=O) groups is 1. The highest BCUT2D eigenvalue weighted by molar-refractivity contribution is 5.93. The van der Waals surface area contributed by atoms with Gasteiger partial charge in [-0.1, -0.05) is 6.07 Å². The fourth-order valence-electron chi connectivity index (χ4n) is 4.15. The lowest BCUT2D eigenvalue weighted by Crippen LogP contribution is -3.00. The van der Waals surface area contributed by atoms with Gasteiger partial charge >= 0.3 is 0 Å². The third-order valence-electron chi connectivity index (χ3n) is 5.83. The van der Waals surface area contributed by atoms with Crippen molar-refractivity contribution in [3.05, 3.63) is 84.3 Å². The largest absolute Gasteiger partial charge is 1.00 e. The number of aromatic amines is 1. The first-order valence-corrected chi connectivity index (χ1v) is 9.91. The molecule has 0 saturated heterocycles. The maximum atomic E-state index is 11.5. The number of halogens is 1. The Labute approximate surface area is 185 Å². The molecule has 1 aliphatic rings. The number of carbonyl (C=O) groups excluding carboxylic acids is 1. The number of anilines is 1. The Bertz CT molecular complexity index is 1200. The molecular formula is C24H23BrN4O. The van der Waals surface area contributed by atoms with E-state index in [0.29, 0.717) is 11.5 Å². The Morgan fingerprint density at radius 1 is 1.03 bits per heavy atom. The van der Waals surface area contributed by atoms with Crippen LogP contribution in [0, 0.1) is 0 Å². The topological polar surface area (TPSA) is 74.8 Å². The highest BCUT2D eigenvalue weighted by Crippen LogP contribution is 2.34. The van der Waals surface area contributed by atoms with E-state index in [-0.39, 0.29) is 22.9 Å². The Balaban J connectivity index is 0.00000218. The van der Waals surface area contributed by atoms with E-state index in [1.807, 2.05) is 18.3 Å². The third-order valence-corrected chi connectivity index (χ3v) is 5.83. The molecule has 5 nitrogen and oxygen atoms in total. The molecule has 0 aliphatic carbocycles. The minimum absolute atomic E-state index is 0. The molecule has 2 aromatic heterocycles. The third kappa shape index (κ3) is 3.83. The molecule has 0 saturated carbocycles. The van der Waals surface area contributed by atoms with Gasteiger partial charge in [-0.2, -0.15) is 0 Å². The summed E-state index contributed by atoms with van der Waals surface area (Å²) in [5, 5.41) is 4.66. The van der Waals surface area contributed by atoms with Gasteiger partial charge in [0.1, 0.15) is 6.54 Å². The smallest absolute Gasteiger partial charge is 0.248 e. The summed E-state index contributed by atoms with van der Waals surface area (Å²) in [5.41, 5.74) is 11.9. The number of aryl methyl sites for hydroxylation is 1. The molecule has 0 bridgehead atoms. The van der Waals surface area contributed by atoms with E-state index < -0.39 is 0 Å². The van der Waals surface area contributed by atoms with Crippen molar-refractivity contribution >= 4 is 22.5 Å². The Hall–Kier alpha value is -3.12. The predicted molar refractivity (Wildman–Crippen MR) is 115 cm³/mol. The molecule has 152 valence electrons. The van der Waals surface area contributed by atoms with E-state index >= 15 is 0 Å². The van der Waals surface area contributed by atoms with Crippen LogP contribution in [-0.4, -0.2) is 17.4 Å². The second-order valence-electron chi connectivity index (χ2n) is 7.64. The summed E-state index contributed by atoms with van der Waals surface area (Å²) in [5.74, 6) is 0.00807. The summed E-state index contributed by atoms with van der Waals surface area (Å²) in [6.45, 7) is 1.82. The van der Waals surface area contributed by atoms with E-state index in [9.17, 15) is 4.79 Å². The van der Waals surface area contributed by atoms with Crippen LogP contribution in [0.15, 0.2) is 73.2 Å². The Morgan fingerprint density at radius 3 is 2.67 bits per heavy atom. The molecular weight excluding hydrogens is 440 g/mol. The maximum absolute atomic E-state index is 11.5. The van der Waals surface area contributed by atoms with Gasteiger partial charge in [-0.05, 0) is 58.5 Å². The van der Waals surface area contributed by atoms with Crippen LogP contribution < -0.4 is 32.6 Å². The fourth-order valence-corrected chi connectivity index (χ4v) is 4.15. The molecule has 0 radical (unpaired) electrons. The lowest BCUT2D eigenvalue weighted by atomic mass is 9.96. The number of primary amides is 1. The molecule has 1 unspecified atom stereocenters. The fraction of sp³-hybridized carbons (Fsp3) is 0.167. The van der Waals surface area contributed by atoms with E-state index in [4.69, 9.17) is 5.73 Å². The number of amides is 1. The summed E-state index contributed by atoms with van der Waals surface area (Å²) >= 11 is 0. The number of pyridine rings is 1. The van der Waals surface area contributed by atoms with Crippen LogP contribution in [0.1, 0.15) is 28.3 Å². The molecule has 6 heteroatoms. The molecule has 0 spiro atoms. The number of aromatic nitrogens is 2. The molecule has 1 atom stereocenters. The molecule has 30 heavy (non-hydrogen) atoms. The Morgan fingerprint density at radius 2 is 1.87 bits per heavy atom. The van der Waals surface area contributed by atoms with Gasteiger partial charge in [-0.15, -0.1) is 0 Å². The maximum Gasteiger partial charge on any atom is 0.248 e. The summed E-state index contributed by atoms with van der Waals surface area (Å²) in [7, 11) is 0. The number of fused-ring (bicyclic) bond motifs is 2. The predicted octanol–water partition coefficient (Wildman–Crippen LogP) is 0.825. The number of benzene rings is 2. The first-order chi connectivity index (χ1) is 14.2. The van der Waals surface area contributed by atoms with Gasteiger partial charge in [-0.25, -0.2) is 4.57 Å². The van der Waals surface area contributed by atoms with Gasteiger partial charge in [0.25, 0.3) is 0 Å². The van der Waals surface area contributed by atoms with Gasteiger partial charge in [0.15, 0.2) is 12.4 Å². The number of nitrogens with two attached hydrogens (primary N) is 1. The first-order valence-electron chi connectivity index (χ1n) is 9.91. The van der Waals surface area contributed by atoms with Gasteiger partial charge < -0.3 is 33.0 Å². The summed E-state index contributed by atoms with van der Waals surface area (Å²) in [4.78, 5) is 14.7. The first kappa shape index (κ1) is 20.2. The van der Waals surface area contributed by atoms with Gasteiger partial charge in [0.05, 0.1) is 0 Å². The van der Waals surface area contributed by atoms with Crippen molar-refractivity contribution in [2.45, 2.75) is 18.9 Å². The van der Waals surface area contributed by atoms with Crippen molar-refractivity contribution in [3.63, 3.8) is 0 Å². The minimum Gasteiger partial charge on any atom is -1.00 e. The molecule has 4 aromatic rings. The average molecular weight is 463 g/mol. The van der Waals surface area contributed by atoms with Gasteiger partial charge in [0.2, 0.25) is 5.91 Å². The SMILES string of the molecule is NC(=O)c1ccc2c(c1)C(CC[n+]1ccc(-c3ccc4[nH]ccc4c3)cc1)CN2.[Br-]. The van der Waals surface area contributed by atoms with Crippen LogP contribution >= 0.6 is 0 Å². The van der Waals surface area contributed by atoms with E-state index in [1.165, 1.54) is 22.1 Å². The van der Waals surface area contributed by atoms with Crippen LogP contribution in [0.5, 0.6) is 0 Å². The van der Waals surface area contributed by atoms with Crippen LogP contribution in [0.4, 0.5) is 5.69 Å². The van der Waals surface area contributed by atoms with Crippen molar-refractivity contribution in [1.82, 2.24) is 4.98 Å². The Kier molecular flexibility index (Phi) is 5.59. The number of hydrogen-bond donors (Lipinski definition) is 3. The zero-order valence-electron chi connectivity index (χ0n) is 16.4. The zero-order chi connectivity index (χ0) is 19.8. The highest BCUT2D eigenvalue weighted by atomic mass is 79.9. The normalized spacial score (nSPS) is 14.7. The summed E-state index contributed by atoms with van der Waals surface area (Å²) in [6, 6.07) is 18.6. The average Bonchev–Trinajstić information content (AvgIpc) is 3.38. The summed E-state index contributed by atoms with van der Waals surface area (Å²) < 4.78 is 2.22. The lowest BCUT2D eigenvalue weighted by molar-refractivity contribution is -0.697. The van der Waals surface area contributed by atoms with Crippen LogP contribution in [0.2, 0.25) is 0 Å². The molecule has 1 amide bonds. The van der Waals surface area contributed by atoms with Gasteiger partial charge in [0, 0.05) is 54.0 Å². The minimum atomic E-state index is -0.374. The number of nitrogens with one attached hydrogen (secondary N) is 2. The highest BCUT2D eigenvalue weighted by Gasteiger charge is 2.24. The molecule has 4 N–H and O–H groups in total. The zero-order valence-corrected chi connectivity index (χ0v) is 18.0. The van der Waals surface area contributed by atoms with E-state index in [1.54, 1.807) is 6.07 Å².